The van der Waals surface area contributed by atoms with Gasteiger partial charge in [0.1, 0.15) is 6.54 Å². The maximum Gasteiger partial charge on any atom is 0.269 e. The number of fused-ring (bicyclic) bond motifs is 1. The molecule has 0 aliphatic rings. The van der Waals surface area contributed by atoms with Gasteiger partial charge in [0.25, 0.3) is 5.56 Å². The zero-order valence-corrected chi connectivity index (χ0v) is 15.4. The fourth-order valence-corrected chi connectivity index (χ4v) is 3.19. The predicted octanol–water partition coefficient (Wildman–Crippen LogP) is 1.08. The van der Waals surface area contributed by atoms with Crippen LogP contribution in [0.5, 0.6) is 0 Å². The van der Waals surface area contributed by atoms with Crippen molar-refractivity contribution in [1.29, 1.82) is 0 Å². The summed E-state index contributed by atoms with van der Waals surface area (Å²) in [5, 5.41) is 2.73. The molecule has 0 spiro atoms. The van der Waals surface area contributed by atoms with E-state index in [-0.39, 0.29) is 24.6 Å². The second kappa shape index (κ2) is 7.58. The van der Waals surface area contributed by atoms with Crippen molar-refractivity contribution < 1.29 is 13.2 Å². The zero-order valence-electron chi connectivity index (χ0n) is 14.5. The van der Waals surface area contributed by atoms with Crippen molar-refractivity contribution in [2.45, 2.75) is 13.1 Å². The molecule has 8 nitrogen and oxygen atoms in total. The fourth-order valence-electron chi connectivity index (χ4n) is 2.64. The molecule has 2 N–H and O–H groups in total. The van der Waals surface area contributed by atoms with Crippen LogP contribution in [0.1, 0.15) is 5.56 Å². The lowest BCUT2D eigenvalue weighted by Gasteiger charge is -2.11. The number of anilines is 1. The van der Waals surface area contributed by atoms with Crippen molar-refractivity contribution in [3.05, 3.63) is 70.6 Å². The van der Waals surface area contributed by atoms with Crippen LogP contribution in [-0.4, -0.2) is 30.1 Å². The Morgan fingerprint density at radius 1 is 1.15 bits per heavy atom. The third-order valence-electron chi connectivity index (χ3n) is 3.77. The van der Waals surface area contributed by atoms with Gasteiger partial charge >= 0.3 is 0 Å². The molecule has 0 aliphatic heterocycles. The van der Waals surface area contributed by atoms with Crippen LogP contribution in [0.3, 0.4) is 0 Å². The van der Waals surface area contributed by atoms with Gasteiger partial charge in [-0.25, -0.2) is 13.4 Å². The Labute approximate surface area is 155 Å². The first-order valence-corrected chi connectivity index (χ1v) is 9.99. The van der Waals surface area contributed by atoms with Gasteiger partial charge in [0, 0.05) is 12.2 Å². The lowest BCUT2D eigenvalue weighted by molar-refractivity contribution is -0.121. The molecule has 0 unspecified atom stereocenters. The Balaban J connectivity index is 1.70. The van der Waals surface area contributed by atoms with Gasteiger partial charge in [0.05, 0.1) is 23.5 Å². The van der Waals surface area contributed by atoms with Crippen LogP contribution in [0.15, 0.2) is 59.5 Å². The summed E-state index contributed by atoms with van der Waals surface area (Å²) in [5.41, 5.74) is 2.00. The minimum Gasteiger partial charge on any atom is -0.350 e. The number of nitrogens with one attached hydrogen (secondary N) is 2. The maximum absolute atomic E-state index is 12.3. The van der Waals surface area contributed by atoms with Crippen LogP contribution in [-0.2, 0) is 27.9 Å². The molecule has 3 rings (SSSR count). The van der Waals surface area contributed by atoms with Crippen molar-refractivity contribution in [3.8, 4) is 0 Å². The van der Waals surface area contributed by atoms with E-state index in [1.165, 1.54) is 10.8 Å². The molecule has 0 radical (unpaired) electrons. The van der Waals surface area contributed by atoms with Crippen LogP contribution >= 0.6 is 0 Å². The smallest absolute Gasteiger partial charge is 0.269 e. The van der Waals surface area contributed by atoms with Crippen molar-refractivity contribution in [2.75, 3.05) is 11.0 Å². The largest absolute Gasteiger partial charge is 0.350 e. The Hall–Kier alpha value is -3.20. The standard InChI is InChI=1S/C18H18N4O4S/c1-27(25,26)21-14-6-4-5-13(9-14)10-20-17(23)12-22-16-8-3-2-7-15(16)19-11-18(22)24/h2-9,11,21H,10,12H2,1H3,(H,20,23). The number of hydrogen-bond acceptors (Lipinski definition) is 5. The van der Waals surface area contributed by atoms with Crippen molar-refractivity contribution in [2.24, 2.45) is 0 Å². The number of rotatable bonds is 6. The first-order chi connectivity index (χ1) is 12.8. The van der Waals surface area contributed by atoms with Gasteiger partial charge < -0.3 is 5.32 Å². The summed E-state index contributed by atoms with van der Waals surface area (Å²) in [6.07, 6.45) is 2.26. The molecule has 0 aliphatic carbocycles. The highest BCUT2D eigenvalue weighted by atomic mass is 32.2. The highest BCUT2D eigenvalue weighted by Gasteiger charge is 2.09. The highest BCUT2D eigenvalue weighted by Crippen LogP contribution is 2.12. The molecule has 27 heavy (non-hydrogen) atoms. The molecule has 0 atom stereocenters. The molecule has 0 fully saturated rings. The zero-order chi connectivity index (χ0) is 19.4. The lowest BCUT2D eigenvalue weighted by atomic mass is 10.2. The fraction of sp³-hybridized carbons (Fsp3) is 0.167. The van der Waals surface area contributed by atoms with Gasteiger partial charge in [-0.2, -0.15) is 0 Å². The molecule has 0 saturated heterocycles. The molecule has 140 valence electrons. The normalized spacial score (nSPS) is 11.3. The minimum absolute atomic E-state index is 0.136. The summed E-state index contributed by atoms with van der Waals surface area (Å²) in [7, 11) is -3.37. The molecule has 3 aromatic rings. The minimum atomic E-state index is -3.37. The third kappa shape index (κ3) is 4.91. The van der Waals surface area contributed by atoms with E-state index in [4.69, 9.17) is 0 Å². The van der Waals surface area contributed by atoms with Gasteiger partial charge in [0.15, 0.2) is 0 Å². The quantitative estimate of drug-likeness (QED) is 0.659. The molecule has 1 heterocycles. The summed E-state index contributed by atoms with van der Waals surface area (Å²) >= 11 is 0. The first-order valence-electron chi connectivity index (χ1n) is 8.10. The average Bonchev–Trinajstić information content (AvgIpc) is 2.61. The highest BCUT2D eigenvalue weighted by molar-refractivity contribution is 7.92. The lowest BCUT2D eigenvalue weighted by Crippen LogP contribution is -2.32. The van der Waals surface area contributed by atoms with Gasteiger partial charge in [-0.15, -0.1) is 0 Å². The van der Waals surface area contributed by atoms with Crippen molar-refractivity contribution in [3.63, 3.8) is 0 Å². The average molecular weight is 386 g/mol. The summed E-state index contributed by atoms with van der Waals surface area (Å²) in [6, 6.07) is 13.8. The first kappa shape index (κ1) is 18.6. The second-order valence-corrected chi connectivity index (χ2v) is 7.77. The van der Waals surface area contributed by atoms with Crippen LogP contribution in [0.25, 0.3) is 11.0 Å². The molecule has 0 saturated carbocycles. The SMILES string of the molecule is CS(=O)(=O)Nc1cccc(CNC(=O)Cn2c(=O)cnc3ccccc32)c1. The second-order valence-electron chi connectivity index (χ2n) is 6.02. The summed E-state index contributed by atoms with van der Waals surface area (Å²) in [5.74, 6) is -0.338. The topological polar surface area (TPSA) is 110 Å². The number of carbonyl (C=O) groups excluding carboxylic acids is 1. The molecular weight excluding hydrogens is 368 g/mol. The van der Waals surface area contributed by atoms with Gasteiger partial charge in [-0.1, -0.05) is 24.3 Å². The number of nitrogens with zero attached hydrogens (tertiary/aromatic N) is 2. The van der Waals surface area contributed by atoms with Crippen molar-refractivity contribution in [1.82, 2.24) is 14.9 Å². The number of sulfonamides is 1. The third-order valence-corrected chi connectivity index (χ3v) is 4.38. The Morgan fingerprint density at radius 3 is 2.70 bits per heavy atom. The van der Waals surface area contributed by atoms with Gasteiger partial charge in [0.2, 0.25) is 15.9 Å². The summed E-state index contributed by atoms with van der Waals surface area (Å²) in [4.78, 5) is 28.4. The number of carbonyl (C=O) groups is 1. The summed E-state index contributed by atoms with van der Waals surface area (Å²) < 4.78 is 26.3. The molecule has 1 aromatic heterocycles. The number of hydrogen-bond donors (Lipinski definition) is 2. The van der Waals surface area contributed by atoms with Gasteiger partial charge in [-0.3, -0.25) is 18.9 Å². The van der Waals surface area contributed by atoms with Crippen molar-refractivity contribution >= 4 is 32.7 Å². The van der Waals surface area contributed by atoms with Crippen LogP contribution in [0, 0.1) is 0 Å². The van der Waals surface area contributed by atoms with Crippen LogP contribution in [0.4, 0.5) is 5.69 Å². The van der Waals surface area contributed by atoms with E-state index in [2.05, 4.69) is 15.0 Å². The molecular formula is C18H18N4O4S. The Bertz CT molecular complexity index is 1160. The molecule has 9 heteroatoms. The van der Waals surface area contributed by atoms with E-state index in [1.54, 1.807) is 42.5 Å². The number of benzene rings is 2. The maximum atomic E-state index is 12.3. The molecule has 2 aromatic carbocycles. The van der Waals surface area contributed by atoms with E-state index in [0.717, 1.165) is 11.8 Å². The van der Waals surface area contributed by atoms with E-state index in [1.807, 2.05) is 6.07 Å². The van der Waals surface area contributed by atoms with E-state index in [9.17, 15) is 18.0 Å². The Morgan fingerprint density at radius 2 is 1.93 bits per heavy atom. The number of amides is 1. The Kier molecular flexibility index (Phi) is 5.22. The molecule has 1 amide bonds. The monoisotopic (exact) mass is 386 g/mol. The van der Waals surface area contributed by atoms with E-state index < -0.39 is 10.0 Å². The summed E-state index contributed by atoms with van der Waals surface area (Å²) in [6.45, 7) is 0.0685. The number of para-hydroxylation sites is 2. The van der Waals surface area contributed by atoms with E-state index in [0.29, 0.717) is 16.7 Å². The van der Waals surface area contributed by atoms with E-state index >= 15 is 0 Å². The van der Waals surface area contributed by atoms with Gasteiger partial charge in [-0.05, 0) is 29.8 Å². The molecule has 0 bridgehead atoms. The van der Waals surface area contributed by atoms with Crippen LogP contribution in [0.2, 0.25) is 0 Å². The number of aromatic nitrogens is 2. The van der Waals surface area contributed by atoms with Crippen LogP contribution < -0.4 is 15.6 Å². The predicted molar refractivity (Wildman–Crippen MR) is 103 cm³/mol.